The Morgan fingerprint density at radius 1 is 1.35 bits per heavy atom. The predicted molar refractivity (Wildman–Crippen MR) is 84.3 cm³/mol. The number of Topliss-reactive ketones (excluding diaryl/α,β-unsaturated/α-hetero) is 1. The van der Waals surface area contributed by atoms with Gasteiger partial charge in [0.15, 0.2) is 5.88 Å². The lowest BCUT2D eigenvalue weighted by molar-refractivity contribution is 0.106. The molecule has 0 saturated carbocycles. The summed E-state index contributed by atoms with van der Waals surface area (Å²) in [5, 5.41) is 29.0. The second-order valence-electron chi connectivity index (χ2n) is 4.80. The summed E-state index contributed by atoms with van der Waals surface area (Å²) in [7, 11) is 0. The molecule has 0 saturated heterocycles. The summed E-state index contributed by atoms with van der Waals surface area (Å²) in [4.78, 5) is 20.5. The number of hydrogen-bond donors (Lipinski definition) is 3. The zero-order chi connectivity index (χ0) is 16.6. The van der Waals surface area contributed by atoms with Gasteiger partial charge in [-0.15, -0.1) is 0 Å². The van der Waals surface area contributed by atoms with Gasteiger partial charge >= 0.3 is 0 Å². The van der Waals surface area contributed by atoms with E-state index in [0.717, 1.165) is 4.57 Å². The van der Waals surface area contributed by atoms with E-state index in [1.54, 1.807) is 12.1 Å². The van der Waals surface area contributed by atoms with E-state index in [1.165, 1.54) is 18.3 Å². The van der Waals surface area contributed by atoms with E-state index in [4.69, 9.17) is 16.7 Å². The molecule has 0 aromatic carbocycles. The molecule has 23 heavy (non-hydrogen) atoms. The topological polar surface area (TPSA) is 108 Å². The number of nitrogens with zero attached hydrogens (tertiary/aromatic N) is 3. The van der Waals surface area contributed by atoms with Crippen LogP contribution in [0.3, 0.4) is 0 Å². The first kappa shape index (κ1) is 15.3. The Labute approximate surface area is 135 Å². The fourth-order valence-corrected chi connectivity index (χ4v) is 2.55. The van der Waals surface area contributed by atoms with Crippen molar-refractivity contribution in [3.8, 4) is 11.8 Å². The first-order valence-corrected chi connectivity index (χ1v) is 7.09. The number of carbonyl (C=O) groups is 1. The highest BCUT2D eigenvalue weighted by molar-refractivity contribution is 6.60. The molecule has 1 aliphatic rings. The molecule has 0 amide bonds. The van der Waals surface area contributed by atoms with Gasteiger partial charge in [-0.25, -0.2) is 4.99 Å². The molecular weight excluding hydrogens is 322 g/mol. The Bertz CT molecular complexity index is 854. The van der Waals surface area contributed by atoms with Crippen LogP contribution in [0.2, 0.25) is 0 Å². The molecular formula is C15H12ClN3O4. The lowest BCUT2D eigenvalue weighted by atomic mass is 10.00. The van der Waals surface area contributed by atoms with Gasteiger partial charge in [0.05, 0.1) is 18.2 Å². The molecule has 3 N–H and O–H groups in total. The van der Waals surface area contributed by atoms with Crippen LogP contribution in [0.4, 0.5) is 5.69 Å². The predicted octanol–water partition coefficient (Wildman–Crippen LogP) is 1.84. The molecule has 3 rings (SSSR count). The number of pyridine rings is 1. The Morgan fingerprint density at radius 2 is 2.13 bits per heavy atom. The molecule has 2 heterocycles. The summed E-state index contributed by atoms with van der Waals surface area (Å²) in [6, 6.07) is 4.54. The van der Waals surface area contributed by atoms with Crippen LogP contribution in [0.5, 0.6) is 11.8 Å². The zero-order valence-electron chi connectivity index (χ0n) is 11.8. The number of rotatable bonds is 3. The smallest absolute Gasteiger partial charge is 0.230 e. The van der Waals surface area contributed by atoms with Gasteiger partial charge in [-0.3, -0.25) is 14.3 Å². The molecule has 0 radical (unpaired) electrons. The average Bonchev–Trinajstić information content (AvgIpc) is 2.80. The third-order valence-electron chi connectivity index (χ3n) is 3.37. The van der Waals surface area contributed by atoms with E-state index in [9.17, 15) is 15.0 Å². The Morgan fingerprint density at radius 3 is 2.87 bits per heavy atom. The van der Waals surface area contributed by atoms with Crippen molar-refractivity contribution in [1.29, 1.82) is 0 Å². The number of fused-ring (bicyclic) bond motifs is 1. The fourth-order valence-electron chi connectivity index (χ4n) is 2.29. The van der Waals surface area contributed by atoms with Gasteiger partial charge in [0.2, 0.25) is 11.7 Å². The van der Waals surface area contributed by atoms with E-state index in [1.807, 2.05) is 0 Å². The summed E-state index contributed by atoms with van der Waals surface area (Å²) in [5.41, 5.74) is 0.692. The van der Waals surface area contributed by atoms with Crippen molar-refractivity contribution in [2.75, 3.05) is 6.61 Å². The second-order valence-corrected chi connectivity index (χ2v) is 5.21. The summed E-state index contributed by atoms with van der Waals surface area (Å²) >= 11 is 6.14. The first-order chi connectivity index (χ1) is 11.0. The van der Waals surface area contributed by atoms with Gasteiger partial charge in [-0.05, 0) is 18.2 Å². The number of aromatic nitrogens is 2. The molecule has 0 aliphatic heterocycles. The summed E-state index contributed by atoms with van der Waals surface area (Å²) in [6.07, 6.45) is 2.86. The van der Waals surface area contributed by atoms with Gasteiger partial charge in [0.1, 0.15) is 17.1 Å². The molecule has 0 fully saturated rings. The van der Waals surface area contributed by atoms with Crippen molar-refractivity contribution < 1.29 is 20.1 Å². The molecule has 118 valence electrons. The number of allylic oxidation sites excluding steroid dienone is 1. The van der Waals surface area contributed by atoms with Crippen molar-refractivity contribution in [3.63, 3.8) is 0 Å². The lowest BCUT2D eigenvalue weighted by Gasteiger charge is -2.12. The van der Waals surface area contributed by atoms with E-state index >= 15 is 0 Å². The number of hydrogen-bond acceptors (Lipinski definition) is 6. The van der Waals surface area contributed by atoms with Gasteiger partial charge in [-0.1, -0.05) is 11.6 Å². The summed E-state index contributed by atoms with van der Waals surface area (Å²) in [6.45, 7) is -0.273. The first-order valence-electron chi connectivity index (χ1n) is 6.71. The maximum Gasteiger partial charge on any atom is 0.230 e. The van der Waals surface area contributed by atoms with Crippen molar-refractivity contribution in [2.24, 2.45) is 4.99 Å². The fraction of sp³-hybridized carbons (Fsp3) is 0.133. The molecule has 7 nitrogen and oxygen atoms in total. The van der Waals surface area contributed by atoms with E-state index in [-0.39, 0.29) is 42.0 Å². The van der Waals surface area contributed by atoms with E-state index < -0.39 is 5.78 Å². The molecule has 2 aromatic heterocycles. The van der Waals surface area contributed by atoms with Crippen LogP contribution in [0, 0.1) is 0 Å². The van der Waals surface area contributed by atoms with Crippen LogP contribution in [-0.2, 0) is 6.54 Å². The number of aromatic hydroxyl groups is 2. The van der Waals surface area contributed by atoms with Crippen molar-refractivity contribution in [3.05, 3.63) is 41.7 Å². The number of aliphatic hydroxyl groups excluding tert-OH is 1. The number of aliphatic imine (C=N–C) groups is 1. The largest absolute Gasteiger partial charge is 0.494 e. The van der Waals surface area contributed by atoms with E-state index in [0.29, 0.717) is 10.6 Å². The van der Waals surface area contributed by atoms with E-state index in [2.05, 4.69) is 9.98 Å². The highest BCUT2D eigenvalue weighted by Crippen LogP contribution is 2.36. The minimum Gasteiger partial charge on any atom is -0.494 e. The van der Waals surface area contributed by atoms with Crippen LogP contribution in [0.25, 0.3) is 5.03 Å². The molecule has 0 spiro atoms. The van der Waals surface area contributed by atoms with Crippen molar-refractivity contribution in [1.82, 2.24) is 9.55 Å². The summed E-state index contributed by atoms with van der Waals surface area (Å²) < 4.78 is 1.07. The molecule has 0 atom stereocenters. The molecule has 0 unspecified atom stereocenters. The quantitative estimate of drug-likeness (QED) is 0.794. The lowest BCUT2D eigenvalue weighted by Crippen LogP contribution is -2.19. The minimum absolute atomic E-state index is 0.000558. The SMILES string of the molecule is O=C1C(=Nc2cc(O)n(CCO)c2O)C=C(Cl)c2cccnc21. The van der Waals surface area contributed by atoms with Crippen molar-refractivity contribution >= 4 is 33.8 Å². The average molecular weight is 334 g/mol. The highest BCUT2D eigenvalue weighted by Gasteiger charge is 2.25. The van der Waals surface area contributed by atoms with Crippen LogP contribution in [0.1, 0.15) is 16.1 Å². The normalized spacial score (nSPS) is 15.7. The third-order valence-corrected chi connectivity index (χ3v) is 3.68. The van der Waals surface area contributed by atoms with Crippen LogP contribution in [-0.4, -0.2) is 43.0 Å². The van der Waals surface area contributed by atoms with Gasteiger partial charge in [0.25, 0.3) is 0 Å². The Kier molecular flexibility index (Phi) is 3.89. The molecule has 8 heteroatoms. The molecule has 1 aliphatic carbocycles. The number of halogens is 1. The monoisotopic (exact) mass is 333 g/mol. The zero-order valence-corrected chi connectivity index (χ0v) is 12.5. The number of carbonyl (C=O) groups excluding carboxylic acids is 1. The van der Waals surface area contributed by atoms with Crippen molar-refractivity contribution in [2.45, 2.75) is 6.54 Å². The minimum atomic E-state index is -0.432. The molecule has 0 bridgehead atoms. The van der Waals surface area contributed by atoms with Gasteiger partial charge in [-0.2, -0.15) is 0 Å². The van der Waals surface area contributed by atoms with Crippen LogP contribution < -0.4 is 0 Å². The van der Waals surface area contributed by atoms with Crippen LogP contribution >= 0.6 is 11.6 Å². The molecule has 2 aromatic rings. The second kappa shape index (κ2) is 5.86. The Hall–Kier alpha value is -2.64. The highest BCUT2D eigenvalue weighted by atomic mass is 35.5. The maximum absolute atomic E-state index is 12.4. The standard InChI is InChI=1S/C15H12ClN3O4/c16-9-6-10(14(22)13-8(9)2-1-3-17-13)18-11-7-12(21)19(4-5-20)15(11)23/h1-3,6-7,20-21,23H,4-5H2. The van der Waals surface area contributed by atoms with Gasteiger partial charge < -0.3 is 15.3 Å². The maximum atomic E-state index is 12.4. The van der Waals surface area contributed by atoms with Gasteiger partial charge in [0, 0.05) is 17.8 Å². The van der Waals surface area contributed by atoms with Crippen LogP contribution in [0.15, 0.2) is 35.5 Å². The Balaban J connectivity index is 2.07. The third kappa shape index (κ3) is 2.60. The number of aliphatic hydroxyl groups is 1. The summed E-state index contributed by atoms with van der Waals surface area (Å²) in [5.74, 6) is -1.06. The number of ketones is 1.